The van der Waals surface area contributed by atoms with Crippen molar-refractivity contribution in [3.8, 4) is 0 Å². The summed E-state index contributed by atoms with van der Waals surface area (Å²) in [6, 6.07) is 6.44. The van der Waals surface area contributed by atoms with E-state index in [4.69, 9.17) is 4.74 Å². The van der Waals surface area contributed by atoms with Crippen molar-refractivity contribution in [3.63, 3.8) is 0 Å². The van der Waals surface area contributed by atoms with Crippen molar-refractivity contribution in [1.29, 1.82) is 0 Å². The van der Waals surface area contributed by atoms with E-state index in [0.717, 1.165) is 31.8 Å². The van der Waals surface area contributed by atoms with E-state index in [-0.39, 0.29) is 35.7 Å². The van der Waals surface area contributed by atoms with Gasteiger partial charge in [0.15, 0.2) is 5.78 Å². The average Bonchev–Trinajstić information content (AvgIpc) is 3.22. The number of likely N-dealkylation sites (tertiary alicyclic amines) is 2. The van der Waals surface area contributed by atoms with Crippen molar-refractivity contribution in [2.45, 2.75) is 69.6 Å². The van der Waals surface area contributed by atoms with Gasteiger partial charge in [0.05, 0.1) is 24.0 Å². The molecule has 0 aliphatic carbocycles. The summed E-state index contributed by atoms with van der Waals surface area (Å²) in [5.74, 6) is 0.184. The van der Waals surface area contributed by atoms with Crippen LogP contribution in [0.25, 0.3) is 0 Å². The summed E-state index contributed by atoms with van der Waals surface area (Å²) in [6.45, 7) is 8.50. The summed E-state index contributed by atoms with van der Waals surface area (Å²) >= 11 is 0. The summed E-state index contributed by atoms with van der Waals surface area (Å²) < 4.78 is 33.0. The third-order valence-corrected chi connectivity index (χ3v) is 10.4. The Labute approximate surface area is 228 Å². The van der Waals surface area contributed by atoms with Crippen LogP contribution in [0.2, 0.25) is 0 Å². The standard InChI is InChI=1S/C29H45N3O5S/c1-2-37-29(34)25-13-20-32(21-14-25)38(35,36)27-9-7-8-26(22-27)28(33)23-31-18-11-24(12-19-31)10-17-30-15-5-3-4-6-16-30/h7-9,22,24-25H,2-6,10-21,23H2,1H3. The minimum Gasteiger partial charge on any atom is -0.466 e. The van der Waals surface area contributed by atoms with Crippen LogP contribution in [0.1, 0.15) is 75.1 Å². The Morgan fingerprint density at radius 1 is 0.895 bits per heavy atom. The molecule has 0 bridgehead atoms. The Hall–Kier alpha value is -1.81. The van der Waals surface area contributed by atoms with Gasteiger partial charge in [-0.1, -0.05) is 25.0 Å². The molecule has 1 aromatic rings. The van der Waals surface area contributed by atoms with Crippen molar-refractivity contribution in [2.75, 3.05) is 59.0 Å². The summed E-state index contributed by atoms with van der Waals surface area (Å²) in [5.41, 5.74) is 0.441. The van der Waals surface area contributed by atoms with Crippen LogP contribution >= 0.6 is 0 Å². The SMILES string of the molecule is CCOC(=O)C1CCN(S(=O)(=O)c2cccc(C(=O)CN3CCC(CCN4CCCCCC4)CC3)c2)CC1. The number of rotatable bonds is 10. The normalized spacial score (nSPS) is 21.7. The van der Waals surface area contributed by atoms with Crippen molar-refractivity contribution in [2.24, 2.45) is 11.8 Å². The zero-order valence-corrected chi connectivity index (χ0v) is 23.8. The van der Waals surface area contributed by atoms with Crippen molar-refractivity contribution < 1.29 is 22.7 Å². The number of piperidine rings is 2. The second kappa shape index (κ2) is 14.0. The predicted molar refractivity (Wildman–Crippen MR) is 148 cm³/mol. The van der Waals surface area contributed by atoms with Crippen molar-refractivity contribution in [1.82, 2.24) is 14.1 Å². The molecule has 0 amide bonds. The highest BCUT2D eigenvalue weighted by Crippen LogP contribution is 2.26. The zero-order valence-electron chi connectivity index (χ0n) is 23.0. The lowest BCUT2D eigenvalue weighted by atomic mass is 9.93. The molecule has 38 heavy (non-hydrogen) atoms. The summed E-state index contributed by atoms with van der Waals surface area (Å²) in [5, 5.41) is 0. The topological polar surface area (TPSA) is 87.2 Å². The average molecular weight is 548 g/mol. The van der Waals surface area contributed by atoms with E-state index in [2.05, 4.69) is 9.80 Å². The third kappa shape index (κ3) is 7.87. The van der Waals surface area contributed by atoms with Crippen LogP contribution in [0.15, 0.2) is 29.2 Å². The maximum atomic E-state index is 13.3. The van der Waals surface area contributed by atoms with Gasteiger partial charge in [0.1, 0.15) is 0 Å². The fourth-order valence-electron chi connectivity index (χ4n) is 6.02. The quantitative estimate of drug-likeness (QED) is 0.325. The number of benzene rings is 1. The van der Waals surface area contributed by atoms with E-state index in [0.29, 0.717) is 31.6 Å². The molecule has 3 saturated heterocycles. The maximum Gasteiger partial charge on any atom is 0.309 e. The molecule has 1 aromatic carbocycles. The van der Waals surface area contributed by atoms with Crippen LogP contribution in [0.4, 0.5) is 0 Å². The first-order valence-electron chi connectivity index (χ1n) is 14.6. The zero-order chi connectivity index (χ0) is 27.0. The number of hydrogen-bond donors (Lipinski definition) is 0. The molecule has 9 heteroatoms. The number of ether oxygens (including phenoxy) is 1. The molecular weight excluding hydrogens is 502 g/mol. The van der Waals surface area contributed by atoms with Crippen LogP contribution in [0.5, 0.6) is 0 Å². The van der Waals surface area contributed by atoms with Crippen LogP contribution < -0.4 is 0 Å². The number of hydrogen-bond acceptors (Lipinski definition) is 7. The molecule has 0 aromatic heterocycles. The van der Waals surface area contributed by atoms with Gasteiger partial charge < -0.3 is 9.64 Å². The second-order valence-corrected chi connectivity index (χ2v) is 13.1. The molecule has 0 spiro atoms. The Kier molecular flexibility index (Phi) is 10.8. The first-order chi connectivity index (χ1) is 18.4. The minimum atomic E-state index is -3.73. The molecule has 3 aliphatic heterocycles. The lowest BCUT2D eigenvalue weighted by molar-refractivity contribution is -0.149. The first kappa shape index (κ1) is 29.2. The monoisotopic (exact) mass is 547 g/mol. The smallest absolute Gasteiger partial charge is 0.309 e. The molecular formula is C29H45N3O5S. The molecule has 0 unspecified atom stereocenters. The molecule has 3 fully saturated rings. The number of nitrogens with zero attached hydrogens (tertiary/aromatic N) is 3. The number of carbonyl (C=O) groups is 2. The Bertz CT molecular complexity index is 1020. The van der Waals surface area contributed by atoms with Gasteiger partial charge in [0, 0.05) is 18.7 Å². The third-order valence-electron chi connectivity index (χ3n) is 8.49. The molecule has 4 rings (SSSR count). The largest absolute Gasteiger partial charge is 0.466 e. The first-order valence-corrected chi connectivity index (χ1v) is 16.1. The van der Waals surface area contributed by atoms with Crippen molar-refractivity contribution in [3.05, 3.63) is 29.8 Å². The molecule has 0 radical (unpaired) electrons. The van der Waals surface area contributed by atoms with Gasteiger partial charge in [-0.3, -0.25) is 14.5 Å². The molecule has 3 aliphatic rings. The summed E-state index contributed by atoms with van der Waals surface area (Å²) in [4.78, 5) is 30.1. The second-order valence-electron chi connectivity index (χ2n) is 11.1. The Balaban J connectivity index is 1.25. The van der Waals surface area contributed by atoms with Crippen molar-refractivity contribution >= 4 is 21.8 Å². The van der Waals surface area contributed by atoms with E-state index >= 15 is 0 Å². The predicted octanol–water partition coefficient (Wildman–Crippen LogP) is 3.81. The fourth-order valence-corrected chi connectivity index (χ4v) is 7.54. The van der Waals surface area contributed by atoms with Gasteiger partial charge in [-0.15, -0.1) is 0 Å². The van der Waals surface area contributed by atoms with Gasteiger partial charge in [0.2, 0.25) is 10.0 Å². The number of sulfonamides is 1. The van der Waals surface area contributed by atoms with Gasteiger partial charge in [-0.25, -0.2) is 8.42 Å². The van der Waals surface area contributed by atoms with Crippen LogP contribution in [0, 0.1) is 11.8 Å². The van der Waals surface area contributed by atoms with Gasteiger partial charge in [-0.05, 0) is 103 Å². The number of Topliss-reactive ketones (excluding diaryl/α,β-unsaturated/α-hetero) is 1. The molecule has 8 nitrogen and oxygen atoms in total. The van der Waals surface area contributed by atoms with E-state index < -0.39 is 10.0 Å². The highest BCUT2D eigenvalue weighted by Gasteiger charge is 2.33. The minimum absolute atomic E-state index is 0.0360. The number of esters is 1. The molecule has 0 N–H and O–H groups in total. The highest BCUT2D eigenvalue weighted by atomic mass is 32.2. The number of ketones is 1. The molecule has 212 valence electrons. The fraction of sp³-hybridized carbons (Fsp3) is 0.724. The Morgan fingerprint density at radius 3 is 2.24 bits per heavy atom. The van der Waals surface area contributed by atoms with Crippen LogP contribution in [-0.4, -0.2) is 93.2 Å². The maximum absolute atomic E-state index is 13.3. The van der Waals surface area contributed by atoms with Crippen LogP contribution in [-0.2, 0) is 19.6 Å². The van der Waals surface area contributed by atoms with Crippen LogP contribution in [0.3, 0.4) is 0 Å². The van der Waals surface area contributed by atoms with E-state index in [1.165, 1.54) is 62.1 Å². The lowest BCUT2D eigenvalue weighted by Crippen LogP contribution is -2.40. The highest BCUT2D eigenvalue weighted by molar-refractivity contribution is 7.89. The van der Waals surface area contributed by atoms with Gasteiger partial charge in [0.25, 0.3) is 0 Å². The number of carbonyl (C=O) groups excluding carboxylic acids is 2. The summed E-state index contributed by atoms with van der Waals surface area (Å²) in [7, 11) is -3.73. The molecule has 0 atom stereocenters. The molecule has 0 saturated carbocycles. The lowest BCUT2D eigenvalue weighted by Gasteiger charge is -2.32. The van der Waals surface area contributed by atoms with E-state index in [9.17, 15) is 18.0 Å². The van der Waals surface area contributed by atoms with Gasteiger partial charge in [-0.2, -0.15) is 4.31 Å². The van der Waals surface area contributed by atoms with E-state index in [1.807, 2.05) is 0 Å². The Morgan fingerprint density at radius 2 is 1.58 bits per heavy atom. The van der Waals surface area contributed by atoms with E-state index in [1.54, 1.807) is 25.1 Å². The molecule has 3 heterocycles. The summed E-state index contributed by atoms with van der Waals surface area (Å²) in [6.07, 6.45) is 9.79. The van der Waals surface area contributed by atoms with Gasteiger partial charge >= 0.3 is 5.97 Å².